The van der Waals surface area contributed by atoms with Crippen molar-refractivity contribution < 1.29 is 9.90 Å². The van der Waals surface area contributed by atoms with Crippen molar-refractivity contribution in [3.63, 3.8) is 0 Å². The minimum atomic E-state index is -1.06. The summed E-state index contributed by atoms with van der Waals surface area (Å²) in [5.41, 5.74) is 7.07. The first-order valence-corrected chi connectivity index (χ1v) is 4.68. The SMILES string of the molecule is Cc1nc(N)c(Br)cc1CNC(=O)O. The highest BCUT2D eigenvalue weighted by molar-refractivity contribution is 9.10. The van der Waals surface area contributed by atoms with Crippen molar-refractivity contribution >= 4 is 27.8 Å². The third-order valence-corrected chi connectivity index (χ3v) is 2.36. The number of carboxylic acid groups (broad SMARTS) is 1. The molecular weight excluding hydrogens is 250 g/mol. The second kappa shape index (κ2) is 4.28. The Labute approximate surface area is 89.5 Å². The van der Waals surface area contributed by atoms with E-state index in [1.807, 2.05) is 0 Å². The molecule has 1 heterocycles. The number of nitrogens with zero attached hydrogens (tertiary/aromatic N) is 1. The molecule has 0 saturated carbocycles. The molecule has 0 aliphatic rings. The number of carbonyl (C=O) groups is 1. The highest BCUT2D eigenvalue weighted by Crippen LogP contribution is 2.20. The van der Waals surface area contributed by atoms with Crippen molar-refractivity contribution in [2.24, 2.45) is 0 Å². The van der Waals surface area contributed by atoms with Crippen LogP contribution in [0.25, 0.3) is 0 Å². The zero-order valence-corrected chi connectivity index (χ0v) is 9.13. The Morgan fingerprint density at radius 2 is 2.43 bits per heavy atom. The van der Waals surface area contributed by atoms with Gasteiger partial charge in [0.1, 0.15) is 5.82 Å². The van der Waals surface area contributed by atoms with Crippen LogP contribution in [-0.4, -0.2) is 16.2 Å². The first-order valence-electron chi connectivity index (χ1n) is 3.89. The molecule has 0 aliphatic heterocycles. The smallest absolute Gasteiger partial charge is 0.404 e. The van der Waals surface area contributed by atoms with Crippen LogP contribution in [0.1, 0.15) is 11.3 Å². The molecule has 1 rings (SSSR count). The van der Waals surface area contributed by atoms with Crippen molar-refractivity contribution in [1.29, 1.82) is 0 Å². The highest BCUT2D eigenvalue weighted by atomic mass is 79.9. The zero-order chi connectivity index (χ0) is 10.7. The molecule has 0 bridgehead atoms. The van der Waals surface area contributed by atoms with Crippen LogP contribution in [0, 0.1) is 6.92 Å². The van der Waals surface area contributed by atoms with Gasteiger partial charge < -0.3 is 16.2 Å². The van der Waals surface area contributed by atoms with Gasteiger partial charge in [-0.05, 0) is 34.5 Å². The molecule has 14 heavy (non-hydrogen) atoms. The van der Waals surface area contributed by atoms with E-state index in [-0.39, 0.29) is 6.54 Å². The Kier molecular flexibility index (Phi) is 3.29. The van der Waals surface area contributed by atoms with Crippen molar-refractivity contribution in [3.05, 3.63) is 21.8 Å². The van der Waals surface area contributed by atoms with Crippen molar-refractivity contribution in [2.45, 2.75) is 13.5 Å². The summed E-state index contributed by atoms with van der Waals surface area (Å²) in [5, 5.41) is 10.7. The molecule has 0 atom stereocenters. The molecule has 0 saturated heterocycles. The fraction of sp³-hybridized carbons (Fsp3) is 0.250. The molecule has 0 aliphatic carbocycles. The second-order valence-electron chi connectivity index (χ2n) is 2.76. The monoisotopic (exact) mass is 259 g/mol. The van der Waals surface area contributed by atoms with E-state index in [1.165, 1.54) is 0 Å². The number of pyridine rings is 1. The first kappa shape index (κ1) is 10.8. The lowest BCUT2D eigenvalue weighted by Gasteiger charge is -2.07. The van der Waals surface area contributed by atoms with E-state index < -0.39 is 6.09 Å². The summed E-state index contributed by atoms with van der Waals surface area (Å²) in [6.07, 6.45) is -1.06. The van der Waals surface area contributed by atoms with Crippen LogP contribution in [0.3, 0.4) is 0 Å². The van der Waals surface area contributed by atoms with Gasteiger partial charge in [-0.15, -0.1) is 0 Å². The van der Waals surface area contributed by atoms with Gasteiger partial charge >= 0.3 is 6.09 Å². The molecule has 6 heteroatoms. The van der Waals surface area contributed by atoms with E-state index in [1.54, 1.807) is 13.0 Å². The number of rotatable bonds is 2. The highest BCUT2D eigenvalue weighted by Gasteiger charge is 2.05. The summed E-state index contributed by atoms with van der Waals surface area (Å²) in [6, 6.07) is 1.76. The number of nitrogens with one attached hydrogen (secondary N) is 1. The van der Waals surface area contributed by atoms with Crippen molar-refractivity contribution in [2.75, 3.05) is 5.73 Å². The molecule has 5 nitrogen and oxygen atoms in total. The lowest BCUT2D eigenvalue weighted by atomic mass is 10.2. The molecule has 0 fully saturated rings. The number of hydrogen-bond donors (Lipinski definition) is 3. The number of aryl methyl sites for hydroxylation is 1. The molecule has 76 valence electrons. The predicted octanol–water partition coefficient (Wildman–Crippen LogP) is 1.50. The molecule has 1 amide bonds. The average molecular weight is 260 g/mol. The van der Waals surface area contributed by atoms with E-state index in [9.17, 15) is 4.79 Å². The lowest BCUT2D eigenvalue weighted by Crippen LogP contribution is -2.20. The van der Waals surface area contributed by atoms with Gasteiger partial charge in [-0.25, -0.2) is 9.78 Å². The van der Waals surface area contributed by atoms with E-state index >= 15 is 0 Å². The first-order chi connectivity index (χ1) is 6.50. The molecule has 0 unspecified atom stereocenters. The Bertz CT molecular complexity index is 368. The minimum absolute atomic E-state index is 0.229. The maximum Gasteiger partial charge on any atom is 0.404 e. The summed E-state index contributed by atoms with van der Waals surface area (Å²) in [4.78, 5) is 14.3. The number of amides is 1. The van der Waals surface area contributed by atoms with Gasteiger partial charge in [0.25, 0.3) is 0 Å². The Morgan fingerprint density at radius 1 is 1.79 bits per heavy atom. The van der Waals surface area contributed by atoms with Crippen LogP contribution in [0.2, 0.25) is 0 Å². The number of anilines is 1. The fourth-order valence-corrected chi connectivity index (χ4v) is 1.35. The molecule has 1 aromatic rings. The summed E-state index contributed by atoms with van der Waals surface area (Å²) < 4.78 is 0.672. The normalized spacial score (nSPS) is 9.86. The van der Waals surface area contributed by atoms with Gasteiger partial charge in [0.2, 0.25) is 0 Å². The van der Waals surface area contributed by atoms with E-state index in [2.05, 4.69) is 26.2 Å². The topological polar surface area (TPSA) is 88.2 Å². The largest absolute Gasteiger partial charge is 0.465 e. The standard InChI is InChI=1S/C8H10BrN3O2/c1-4-5(3-11-8(13)14)2-6(9)7(10)12-4/h2,11H,3H2,1H3,(H2,10,12)(H,13,14). The Balaban J connectivity index is 2.87. The summed E-state index contributed by atoms with van der Waals surface area (Å²) in [6.45, 7) is 2.01. The third-order valence-electron chi connectivity index (χ3n) is 1.73. The molecular formula is C8H10BrN3O2. The Morgan fingerprint density at radius 3 is 3.00 bits per heavy atom. The van der Waals surface area contributed by atoms with Crippen molar-refractivity contribution in [3.8, 4) is 0 Å². The minimum Gasteiger partial charge on any atom is -0.465 e. The van der Waals surface area contributed by atoms with E-state index in [0.29, 0.717) is 10.3 Å². The van der Waals surface area contributed by atoms with Crippen LogP contribution in [0.15, 0.2) is 10.5 Å². The number of nitrogens with two attached hydrogens (primary N) is 1. The average Bonchev–Trinajstić information content (AvgIpc) is 2.09. The van der Waals surface area contributed by atoms with Gasteiger partial charge in [0, 0.05) is 12.2 Å². The fourth-order valence-electron chi connectivity index (χ4n) is 0.987. The summed E-state index contributed by atoms with van der Waals surface area (Å²) >= 11 is 3.22. The Hall–Kier alpha value is -1.30. The van der Waals surface area contributed by atoms with Gasteiger partial charge in [-0.2, -0.15) is 0 Å². The van der Waals surface area contributed by atoms with Crippen LogP contribution in [0.4, 0.5) is 10.6 Å². The van der Waals surface area contributed by atoms with Gasteiger partial charge in [-0.1, -0.05) is 0 Å². The summed E-state index contributed by atoms with van der Waals surface area (Å²) in [7, 11) is 0. The van der Waals surface area contributed by atoms with Crippen LogP contribution < -0.4 is 11.1 Å². The molecule has 0 spiro atoms. The van der Waals surface area contributed by atoms with Gasteiger partial charge in [-0.3, -0.25) is 0 Å². The number of halogens is 1. The molecule has 1 aromatic heterocycles. The molecule has 4 N–H and O–H groups in total. The maximum atomic E-state index is 10.3. The quantitative estimate of drug-likeness (QED) is 0.751. The lowest BCUT2D eigenvalue weighted by molar-refractivity contribution is 0.194. The van der Waals surface area contributed by atoms with Crippen LogP contribution in [0.5, 0.6) is 0 Å². The van der Waals surface area contributed by atoms with E-state index in [0.717, 1.165) is 11.3 Å². The molecule has 0 aromatic carbocycles. The van der Waals surface area contributed by atoms with Gasteiger partial charge in [0.05, 0.1) is 4.47 Å². The van der Waals surface area contributed by atoms with Gasteiger partial charge in [0.15, 0.2) is 0 Å². The molecule has 0 radical (unpaired) electrons. The summed E-state index contributed by atoms with van der Waals surface area (Å²) in [5.74, 6) is 0.404. The number of aromatic nitrogens is 1. The maximum absolute atomic E-state index is 10.3. The zero-order valence-electron chi connectivity index (χ0n) is 7.54. The second-order valence-corrected chi connectivity index (χ2v) is 3.61. The van der Waals surface area contributed by atoms with Crippen LogP contribution >= 0.6 is 15.9 Å². The predicted molar refractivity (Wildman–Crippen MR) is 56.0 cm³/mol. The number of nitrogen functional groups attached to an aromatic ring is 1. The number of hydrogen-bond acceptors (Lipinski definition) is 3. The third kappa shape index (κ3) is 2.59. The van der Waals surface area contributed by atoms with Crippen LogP contribution in [-0.2, 0) is 6.54 Å². The van der Waals surface area contributed by atoms with Crippen molar-refractivity contribution in [1.82, 2.24) is 10.3 Å². The van der Waals surface area contributed by atoms with E-state index in [4.69, 9.17) is 10.8 Å².